The van der Waals surface area contributed by atoms with E-state index in [0.29, 0.717) is 5.15 Å². The van der Waals surface area contributed by atoms with Crippen molar-refractivity contribution in [3.8, 4) is 0 Å². The SMILES string of the molecule is CC(CO)C(C)Nc1cccc(Cl)n1. The Kier molecular flexibility index (Phi) is 4.17. The van der Waals surface area contributed by atoms with Gasteiger partial charge in [-0.3, -0.25) is 0 Å². The molecule has 2 N–H and O–H groups in total. The van der Waals surface area contributed by atoms with Gasteiger partial charge in [0.1, 0.15) is 11.0 Å². The van der Waals surface area contributed by atoms with Crippen LogP contribution in [0.15, 0.2) is 18.2 Å². The van der Waals surface area contributed by atoms with Gasteiger partial charge in [-0.15, -0.1) is 0 Å². The normalized spacial score (nSPS) is 14.9. The second kappa shape index (κ2) is 5.17. The van der Waals surface area contributed by atoms with Crippen molar-refractivity contribution in [3.63, 3.8) is 0 Å². The number of aliphatic hydroxyl groups excluding tert-OH is 1. The van der Waals surface area contributed by atoms with Gasteiger partial charge in [-0.1, -0.05) is 24.6 Å². The standard InChI is InChI=1S/C10H15ClN2O/c1-7(6-14)8(2)12-10-5-3-4-9(11)13-10/h3-5,7-8,14H,6H2,1-2H3,(H,12,13). The molecule has 0 saturated heterocycles. The molecule has 0 fully saturated rings. The van der Waals surface area contributed by atoms with Crippen molar-refractivity contribution in [2.45, 2.75) is 19.9 Å². The zero-order chi connectivity index (χ0) is 10.6. The van der Waals surface area contributed by atoms with E-state index in [1.165, 1.54) is 0 Å². The third-order valence-corrected chi connectivity index (χ3v) is 2.44. The summed E-state index contributed by atoms with van der Waals surface area (Å²) in [5.41, 5.74) is 0. The first kappa shape index (κ1) is 11.3. The monoisotopic (exact) mass is 214 g/mol. The minimum absolute atomic E-state index is 0.161. The molecule has 1 aromatic heterocycles. The van der Waals surface area contributed by atoms with Crippen LogP contribution in [0, 0.1) is 5.92 Å². The molecular formula is C10H15ClN2O. The van der Waals surface area contributed by atoms with E-state index >= 15 is 0 Å². The summed E-state index contributed by atoms with van der Waals surface area (Å²) in [6.45, 7) is 4.14. The predicted octanol–water partition coefficient (Wildman–Crippen LogP) is 2.16. The maximum atomic E-state index is 8.95. The molecule has 1 aromatic rings. The number of nitrogens with zero attached hydrogens (tertiary/aromatic N) is 1. The second-order valence-corrected chi connectivity index (χ2v) is 3.83. The lowest BCUT2D eigenvalue weighted by molar-refractivity contribution is 0.226. The van der Waals surface area contributed by atoms with Crippen molar-refractivity contribution in [1.82, 2.24) is 4.98 Å². The molecule has 0 amide bonds. The summed E-state index contributed by atoms with van der Waals surface area (Å²) in [6.07, 6.45) is 0. The van der Waals surface area contributed by atoms with Gasteiger partial charge < -0.3 is 10.4 Å². The molecule has 78 valence electrons. The Bertz CT molecular complexity index is 293. The Labute approximate surface area is 89.1 Å². The van der Waals surface area contributed by atoms with Gasteiger partial charge in [0.2, 0.25) is 0 Å². The van der Waals surface area contributed by atoms with Crippen LogP contribution in [-0.4, -0.2) is 22.7 Å². The van der Waals surface area contributed by atoms with Gasteiger partial charge in [0.25, 0.3) is 0 Å². The number of hydrogen-bond acceptors (Lipinski definition) is 3. The number of anilines is 1. The molecule has 0 aromatic carbocycles. The first-order valence-electron chi connectivity index (χ1n) is 4.63. The first-order valence-corrected chi connectivity index (χ1v) is 5.01. The fraction of sp³-hybridized carbons (Fsp3) is 0.500. The van der Waals surface area contributed by atoms with E-state index in [4.69, 9.17) is 16.7 Å². The minimum atomic E-state index is 0.161. The van der Waals surface area contributed by atoms with Crippen molar-refractivity contribution in [2.24, 2.45) is 5.92 Å². The van der Waals surface area contributed by atoms with Gasteiger partial charge in [-0.05, 0) is 25.0 Å². The summed E-state index contributed by atoms with van der Waals surface area (Å²) >= 11 is 5.74. The maximum Gasteiger partial charge on any atom is 0.131 e. The number of aromatic nitrogens is 1. The third kappa shape index (κ3) is 3.16. The second-order valence-electron chi connectivity index (χ2n) is 3.44. The summed E-state index contributed by atoms with van der Waals surface area (Å²) in [5, 5.41) is 12.6. The highest BCUT2D eigenvalue weighted by molar-refractivity contribution is 6.29. The lowest BCUT2D eigenvalue weighted by Gasteiger charge is -2.19. The number of pyridine rings is 1. The fourth-order valence-electron chi connectivity index (χ4n) is 1.02. The van der Waals surface area contributed by atoms with Crippen LogP contribution in [0.2, 0.25) is 5.15 Å². The molecule has 0 aliphatic carbocycles. The van der Waals surface area contributed by atoms with Gasteiger partial charge in [0.05, 0.1) is 0 Å². The molecule has 0 radical (unpaired) electrons. The summed E-state index contributed by atoms with van der Waals surface area (Å²) in [7, 11) is 0. The molecule has 0 bridgehead atoms. The van der Waals surface area contributed by atoms with Crippen LogP contribution in [0.4, 0.5) is 5.82 Å². The largest absolute Gasteiger partial charge is 0.396 e. The van der Waals surface area contributed by atoms with E-state index in [1.54, 1.807) is 6.07 Å². The van der Waals surface area contributed by atoms with Crippen LogP contribution >= 0.6 is 11.6 Å². The quantitative estimate of drug-likeness (QED) is 0.756. The Morgan fingerprint density at radius 2 is 2.21 bits per heavy atom. The molecule has 2 unspecified atom stereocenters. The Balaban J connectivity index is 2.60. The summed E-state index contributed by atoms with van der Waals surface area (Å²) < 4.78 is 0. The molecule has 4 heteroatoms. The maximum absolute atomic E-state index is 8.95. The fourth-order valence-corrected chi connectivity index (χ4v) is 1.19. The first-order chi connectivity index (χ1) is 6.63. The smallest absolute Gasteiger partial charge is 0.131 e. The lowest BCUT2D eigenvalue weighted by Crippen LogP contribution is -2.26. The van der Waals surface area contributed by atoms with Gasteiger partial charge in [-0.2, -0.15) is 0 Å². The summed E-state index contributed by atoms with van der Waals surface area (Å²) in [4.78, 5) is 4.10. The minimum Gasteiger partial charge on any atom is -0.396 e. The molecule has 14 heavy (non-hydrogen) atoms. The highest BCUT2D eigenvalue weighted by Crippen LogP contribution is 2.12. The number of hydrogen-bond donors (Lipinski definition) is 2. The molecule has 0 spiro atoms. The highest BCUT2D eigenvalue weighted by atomic mass is 35.5. The molecular weight excluding hydrogens is 200 g/mol. The van der Waals surface area contributed by atoms with Crippen molar-refractivity contribution in [3.05, 3.63) is 23.4 Å². The molecule has 0 aliphatic rings. The van der Waals surface area contributed by atoms with Crippen LogP contribution in [0.1, 0.15) is 13.8 Å². The van der Waals surface area contributed by atoms with E-state index in [0.717, 1.165) is 5.82 Å². The summed E-state index contributed by atoms with van der Waals surface area (Å²) in [6, 6.07) is 5.60. The average Bonchev–Trinajstić information content (AvgIpc) is 2.16. The van der Waals surface area contributed by atoms with E-state index in [9.17, 15) is 0 Å². The van der Waals surface area contributed by atoms with Crippen molar-refractivity contribution < 1.29 is 5.11 Å². The van der Waals surface area contributed by atoms with E-state index in [2.05, 4.69) is 10.3 Å². The summed E-state index contributed by atoms with van der Waals surface area (Å²) in [5.74, 6) is 0.932. The number of aliphatic hydroxyl groups is 1. The van der Waals surface area contributed by atoms with Gasteiger partial charge in [0, 0.05) is 12.6 Å². The van der Waals surface area contributed by atoms with Crippen LogP contribution in [0.25, 0.3) is 0 Å². The van der Waals surface area contributed by atoms with Crippen LogP contribution in [0.3, 0.4) is 0 Å². The van der Waals surface area contributed by atoms with Crippen LogP contribution in [0.5, 0.6) is 0 Å². The van der Waals surface area contributed by atoms with E-state index in [1.807, 2.05) is 26.0 Å². The van der Waals surface area contributed by atoms with E-state index in [-0.39, 0.29) is 18.6 Å². The van der Waals surface area contributed by atoms with E-state index < -0.39 is 0 Å². The highest BCUT2D eigenvalue weighted by Gasteiger charge is 2.10. The molecule has 1 heterocycles. The topological polar surface area (TPSA) is 45.1 Å². The van der Waals surface area contributed by atoms with Crippen molar-refractivity contribution in [1.29, 1.82) is 0 Å². The predicted molar refractivity (Wildman–Crippen MR) is 58.6 cm³/mol. The van der Waals surface area contributed by atoms with Crippen LogP contribution in [-0.2, 0) is 0 Å². The van der Waals surface area contributed by atoms with Gasteiger partial charge >= 0.3 is 0 Å². The molecule has 0 aliphatic heterocycles. The molecule has 3 nitrogen and oxygen atoms in total. The Hall–Kier alpha value is -0.800. The lowest BCUT2D eigenvalue weighted by atomic mass is 10.1. The number of halogens is 1. The zero-order valence-corrected chi connectivity index (χ0v) is 9.12. The van der Waals surface area contributed by atoms with Gasteiger partial charge in [0.15, 0.2) is 0 Å². The molecule has 0 saturated carbocycles. The third-order valence-electron chi connectivity index (χ3n) is 2.23. The number of nitrogens with one attached hydrogen (secondary N) is 1. The zero-order valence-electron chi connectivity index (χ0n) is 8.37. The molecule has 2 atom stereocenters. The van der Waals surface area contributed by atoms with Crippen LogP contribution < -0.4 is 5.32 Å². The Morgan fingerprint density at radius 1 is 1.50 bits per heavy atom. The molecule has 1 rings (SSSR count). The average molecular weight is 215 g/mol. The van der Waals surface area contributed by atoms with Crippen molar-refractivity contribution >= 4 is 17.4 Å². The van der Waals surface area contributed by atoms with Gasteiger partial charge in [-0.25, -0.2) is 4.98 Å². The Morgan fingerprint density at radius 3 is 2.79 bits per heavy atom. The van der Waals surface area contributed by atoms with Crippen molar-refractivity contribution in [2.75, 3.05) is 11.9 Å². The number of rotatable bonds is 4.